The van der Waals surface area contributed by atoms with E-state index < -0.39 is 0 Å². The third-order valence-corrected chi connectivity index (χ3v) is 4.30. The number of thiazole rings is 1. The summed E-state index contributed by atoms with van der Waals surface area (Å²) < 4.78 is 15.2. The molecule has 0 atom stereocenters. The highest BCUT2D eigenvalue weighted by Gasteiger charge is 2.06. The quantitative estimate of drug-likeness (QED) is 0.578. The number of hydrogen-bond donors (Lipinski definition) is 1. The molecule has 6 heteroatoms. The molecule has 0 aliphatic carbocycles. The summed E-state index contributed by atoms with van der Waals surface area (Å²) in [4.78, 5) is 8.61. The van der Waals surface area contributed by atoms with Gasteiger partial charge in [0.15, 0.2) is 5.13 Å². The largest absolute Gasteiger partial charge is 0.331 e. The highest BCUT2D eigenvalue weighted by Crippen LogP contribution is 2.27. The van der Waals surface area contributed by atoms with E-state index in [-0.39, 0.29) is 5.82 Å². The van der Waals surface area contributed by atoms with Gasteiger partial charge in [0.25, 0.3) is 0 Å². The molecule has 0 amide bonds. The maximum atomic E-state index is 13.2. The molecule has 118 valence electrons. The minimum atomic E-state index is -0.271. The van der Waals surface area contributed by atoms with E-state index in [1.807, 2.05) is 46.5 Å². The maximum Gasteiger partial charge on any atom is 0.187 e. The monoisotopic (exact) mass is 336 g/mol. The molecule has 2 aromatic carbocycles. The van der Waals surface area contributed by atoms with Crippen LogP contribution >= 0.6 is 11.3 Å². The van der Waals surface area contributed by atoms with Crippen LogP contribution in [0.2, 0.25) is 0 Å². The van der Waals surface area contributed by atoms with Crippen LogP contribution < -0.4 is 5.32 Å². The van der Waals surface area contributed by atoms with Gasteiger partial charge >= 0.3 is 0 Å². The fourth-order valence-corrected chi connectivity index (χ4v) is 3.11. The van der Waals surface area contributed by atoms with Gasteiger partial charge in [-0.1, -0.05) is 18.2 Å². The van der Waals surface area contributed by atoms with Crippen LogP contribution in [0, 0.1) is 5.82 Å². The molecular weight excluding hydrogens is 323 g/mol. The summed E-state index contributed by atoms with van der Waals surface area (Å²) in [7, 11) is 0. The summed E-state index contributed by atoms with van der Waals surface area (Å²) in [5.41, 5.74) is 3.65. The summed E-state index contributed by atoms with van der Waals surface area (Å²) >= 11 is 1.49. The Morgan fingerprint density at radius 2 is 1.96 bits per heavy atom. The number of hydrogen-bond acceptors (Lipinski definition) is 4. The van der Waals surface area contributed by atoms with E-state index in [1.54, 1.807) is 18.6 Å². The molecular formula is C18H13FN4S. The molecule has 0 fully saturated rings. The normalized spacial score (nSPS) is 10.7. The molecule has 2 heterocycles. The van der Waals surface area contributed by atoms with E-state index >= 15 is 0 Å². The highest BCUT2D eigenvalue weighted by molar-refractivity contribution is 7.14. The molecule has 4 rings (SSSR count). The number of nitrogens with one attached hydrogen (secondary N) is 1. The predicted octanol–water partition coefficient (Wildman–Crippen LogP) is 4.88. The van der Waals surface area contributed by atoms with Crippen LogP contribution in [0.1, 0.15) is 0 Å². The molecule has 4 aromatic rings. The molecule has 0 aliphatic heterocycles. The SMILES string of the molecule is Fc1cccc(Nc2nc(-c3ccc(-n4ccnc4)cc3)cs2)c1. The minimum Gasteiger partial charge on any atom is -0.331 e. The van der Waals surface area contributed by atoms with Crippen LogP contribution in [-0.4, -0.2) is 14.5 Å². The van der Waals surface area contributed by atoms with Crippen LogP contribution in [-0.2, 0) is 0 Å². The van der Waals surface area contributed by atoms with Gasteiger partial charge in [0.2, 0.25) is 0 Å². The number of aromatic nitrogens is 3. The van der Waals surface area contributed by atoms with E-state index in [4.69, 9.17) is 0 Å². The Bertz CT molecular complexity index is 945. The zero-order chi connectivity index (χ0) is 16.4. The lowest BCUT2D eigenvalue weighted by molar-refractivity contribution is 0.628. The summed E-state index contributed by atoms with van der Waals surface area (Å²) in [6, 6.07) is 14.4. The van der Waals surface area contributed by atoms with Crippen molar-refractivity contribution in [3.8, 4) is 16.9 Å². The van der Waals surface area contributed by atoms with Gasteiger partial charge < -0.3 is 9.88 Å². The molecule has 1 N–H and O–H groups in total. The van der Waals surface area contributed by atoms with Crippen LogP contribution in [0.25, 0.3) is 16.9 Å². The zero-order valence-electron chi connectivity index (χ0n) is 12.6. The Labute approximate surface area is 142 Å². The smallest absolute Gasteiger partial charge is 0.187 e. The highest BCUT2D eigenvalue weighted by atomic mass is 32.1. The first-order valence-corrected chi connectivity index (χ1v) is 8.23. The summed E-state index contributed by atoms with van der Waals surface area (Å²) in [5.74, 6) is -0.271. The van der Waals surface area contributed by atoms with E-state index in [1.165, 1.54) is 23.5 Å². The van der Waals surface area contributed by atoms with Crippen molar-refractivity contribution in [3.05, 3.63) is 78.4 Å². The molecule has 0 aliphatic rings. The number of nitrogens with zero attached hydrogens (tertiary/aromatic N) is 3. The van der Waals surface area contributed by atoms with Crippen molar-refractivity contribution in [2.75, 3.05) is 5.32 Å². The van der Waals surface area contributed by atoms with Gasteiger partial charge in [-0.2, -0.15) is 0 Å². The second-order valence-electron chi connectivity index (χ2n) is 5.19. The van der Waals surface area contributed by atoms with Gasteiger partial charge in [0, 0.05) is 34.7 Å². The van der Waals surface area contributed by atoms with E-state index in [9.17, 15) is 4.39 Å². The Balaban J connectivity index is 1.54. The first-order valence-electron chi connectivity index (χ1n) is 7.35. The third-order valence-electron chi connectivity index (χ3n) is 3.55. The van der Waals surface area contributed by atoms with Crippen molar-refractivity contribution in [1.29, 1.82) is 0 Å². The second kappa shape index (κ2) is 6.25. The van der Waals surface area contributed by atoms with Crippen molar-refractivity contribution < 1.29 is 4.39 Å². The van der Waals surface area contributed by atoms with Crippen molar-refractivity contribution in [2.45, 2.75) is 0 Å². The molecule has 2 aromatic heterocycles. The molecule has 0 radical (unpaired) electrons. The van der Waals surface area contributed by atoms with Crippen molar-refractivity contribution in [2.24, 2.45) is 0 Å². The Kier molecular flexibility index (Phi) is 3.80. The Morgan fingerprint density at radius 3 is 2.71 bits per heavy atom. The van der Waals surface area contributed by atoms with Crippen LogP contribution in [0.15, 0.2) is 72.6 Å². The van der Waals surface area contributed by atoms with Crippen molar-refractivity contribution >= 4 is 22.2 Å². The van der Waals surface area contributed by atoms with Gasteiger partial charge in [-0.05, 0) is 30.3 Å². The number of anilines is 2. The van der Waals surface area contributed by atoms with E-state index in [0.29, 0.717) is 5.69 Å². The minimum absolute atomic E-state index is 0.271. The molecule has 0 bridgehead atoms. The second-order valence-corrected chi connectivity index (χ2v) is 6.05. The van der Waals surface area contributed by atoms with E-state index in [0.717, 1.165) is 22.1 Å². The first kappa shape index (κ1) is 14.6. The third kappa shape index (κ3) is 3.04. The number of imidazole rings is 1. The molecule has 0 spiro atoms. The number of benzene rings is 2. The molecule has 4 nitrogen and oxygen atoms in total. The average molecular weight is 336 g/mol. The Morgan fingerprint density at radius 1 is 1.08 bits per heavy atom. The zero-order valence-corrected chi connectivity index (χ0v) is 13.4. The van der Waals surface area contributed by atoms with Gasteiger partial charge in [-0.25, -0.2) is 14.4 Å². The van der Waals surface area contributed by atoms with E-state index in [2.05, 4.69) is 15.3 Å². The molecule has 0 saturated carbocycles. The number of halogens is 1. The predicted molar refractivity (Wildman–Crippen MR) is 94.4 cm³/mol. The van der Waals surface area contributed by atoms with Gasteiger partial charge in [-0.3, -0.25) is 0 Å². The first-order chi connectivity index (χ1) is 11.8. The molecule has 24 heavy (non-hydrogen) atoms. The Hall–Kier alpha value is -2.99. The summed E-state index contributed by atoms with van der Waals surface area (Å²) in [5, 5.41) is 5.83. The van der Waals surface area contributed by atoms with Crippen molar-refractivity contribution in [1.82, 2.24) is 14.5 Å². The fraction of sp³-hybridized carbons (Fsp3) is 0. The number of rotatable bonds is 4. The van der Waals surface area contributed by atoms with Crippen LogP contribution in [0.3, 0.4) is 0 Å². The van der Waals surface area contributed by atoms with Crippen molar-refractivity contribution in [3.63, 3.8) is 0 Å². The standard InChI is InChI=1S/C18H13FN4S/c19-14-2-1-3-15(10-14)21-18-22-17(11-24-18)13-4-6-16(7-5-13)23-9-8-20-12-23/h1-12H,(H,21,22). The van der Waals surface area contributed by atoms with Gasteiger partial charge in [-0.15, -0.1) is 11.3 Å². The average Bonchev–Trinajstić information content (AvgIpc) is 3.27. The van der Waals surface area contributed by atoms with Crippen LogP contribution in [0.4, 0.5) is 15.2 Å². The van der Waals surface area contributed by atoms with Gasteiger partial charge in [0.05, 0.1) is 12.0 Å². The molecule has 0 saturated heterocycles. The topological polar surface area (TPSA) is 42.7 Å². The fourth-order valence-electron chi connectivity index (χ4n) is 2.37. The maximum absolute atomic E-state index is 13.2. The van der Waals surface area contributed by atoms with Gasteiger partial charge in [0.1, 0.15) is 5.82 Å². The van der Waals surface area contributed by atoms with Crippen LogP contribution in [0.5, 0.6) is 0 Å². The summed E-state index contributed by atoms with van der Waals surface area (Å²) in [6.45, 7) is 0. The summed E-state index contributed by atoms with van der Waals surface area (Å²) in [6.07, 6.45) is 5.41. The molecule has 0 unspecified atom stereocenters. The lowest BCUT2D eigenvalue weighted by atomic mass is 10.1. The lowest BCUT2D eigenvalue weighted by Gasteiger charge is -2.03. The lowest BCUT2D eigenvalue weighted by Crippen LogP contribution is -1.91.